The zero-order valence-corrected chi connectivity index (χ0v) is 13.6. The van der Waals surface area contributed by atoms with Gasteiger partial charge in [-0.15, -0.1) is 0 Å². The molecule has 0 saturated carbocycles. The molecule has 3 rings (SSSR count). The Balaban J connectivity index is 1.67. The fourth-order valence-corrected chi connectivity index (χ4v) is 2.61. The molecule has 0 bridgehead atoms. The van der Waals surface area contributed by atoms with Gasteiger partial charge in [0.15, 0.2) is 6.61 Å². The van der Waals surface area contributed by atoms with Crippen molar-refractivity contribution in [1.82, 2.24) is 4.90 Å². The van der Waals surface area contributed by atoms with E-state index in [0.717, 1.165) is 11.1 Å². The van der Waals surface area contributed by atoms with Crippen LogP contribution in [0, 0.1) is 6.92 Å². The van der Waals surface area contributed by atoms with Gasteiger partial charge in [0.25, 0.3) is 5.91 Å². The lowest BCUT2D eigenvalue weighted by Crippen LogP contribution is -2.38. The summed E-state index contributed by atoms with van der Waals surface area (Å²) in [5.41, 5.74) is 2.00. The number of halogens is 1. The molecule has 1 amide bonds. The van der Waals surface area contributed by atoms with Gasteiger partial charge in [-0.3, -0.25) is 14.7 Å². The molecule has 4 nitrogen and oxygen atoms in total. The highest BCUT2D eigenvalue weighted by Crippen LogP contribution is 2.17. The van der Waals surface area contributed by atoms with Gasteiger partial charge in [-0.1, -0.05) is 41.4 Å². The minimum atomic E-state index is -0.109. The fraction of sp³-hybridized carbons (Fsp3) is 0.222. The SMILES string of the molecule is Cc1ccc(OCC(=O)N2CCN=C2c2cccc(Cl)c2)cc1. The highest BCUT2D eigenvalue weighted by Gasteiger charge is 2.25. The average molecular weight is 329 g/mol. The van der Waals surface area contributed by atoms with Gasteiger partial charge < -0.3 is 4.74 Å². The summed E-state index contributed by atoms with van der Waals surface area (Å²) in [6.07, 6.45) is 0. The first-order valence-electron chi connectivity index (χ1n) is 7.44. The minimum Gasteiger partial charge on any atom is -0.484 e. The van der Waals surface area contributed by atoms with E-state index < -0.39 is 0 Å². The molecular formula is C18H17ClN2O2. The second-order valence-electron chi connectivity index (χ2n) is 5.36. The van der Waals surface area contributed by atoms with E-state index in [0.29, 0.717) is 29.7 Å². The summed E-state index contributed by atoms with van der Waals surface area (Å²) < 4.78 is 5.57. The fourth-order valence-electron chi connectivity index (χ4n) is 2.42. The first-order chi connectivity index (χ1) is 11.1. The van der Waals surface area contributed by atoms with Crippen LogP contribution in [0.2, 0.25) is 5.02 Å². The molecule has 1 aliphatic heterocycles. The Labute approximate surface area is 140 Å². The molecule has 2 aromatic carbocycles. The van der Waals surface area contributed by atoms with Gasteiger partial charge in [-0.25, -0.2) is 0 Å². The second-order valence-corrected chi connectivity index (χ2v) is 5.80. The predicted molar refractivity (Wildman–Crippen MR) is 91.2 cm³/mol. The lowest BCUT2D eigenvalue weighted by Gasteiger charge is -2.19. The van der Waals surface area contributed by atoms with E-state index in [4.69, 9.17) is 16.3 Å². The number of amides is 1. The third-order valence-electron chi connectivity index (χ3n) is 3.61. The Hall–Kier alpha value is -2.33. The van der Waals surface area contributed by atoms with Crippen LogP contribution in [0.1, 0.15) is 11.1 Å². The summed E-state index contributed by atoms with van der Waals surface area (Å²) in [6.45, 7) is 3.16. The van der Waals surface area contributed by atoms with Crippen molar-refractivity contribution < 1.29 is 9.53 Å². The van der Waals surface area contributed by atoms with Gasteiger partial charge in [-0.05, 0) is 31.2 Å². The molecule has 5 heteroatoms. The summed E-state index contributed by atoms with van der Waals surface area (Å²) >= 11 is 6.02. The third-order valence-corrected chi connectivity index (χ3v) is 3.84. The normalized spacial score (nSPS) is 13.8. The molecule has 0 fully saturated rings. The van der Waals surface area contributed by atoms with E-state index in [2.05, 4.69) is 4.99 Å². The summed E-state index contributed by atoms with van der Waals surface area (Å²) in [6, 6.07) is 15.0. The van der Waals surface area contributed by atoms with Crippen molar-refractivity contribution in [2.75, 3.05) is 19.7 Å². The van der Waals surface area contributed by atoms with Crippen molar-refractivity contribution in [3.05, 3.63) is 64.7 Å². The number of ether oxygens (including phenoxy) is 1. The van der Waals surface area contributed by atoms with Crippen LogP contribution in [0.15, 0.2) is 53.5 Å². The van der Waals surface area contributed by atoms with Crippen LogP contribution in [-0.2, 0) is 4.79 Å². The Morgan fingerprint density at radius 2 is 2.04 bits per heavy atom. The number of nitrogens with zero attached hydrogens (tertiary/aromatic N) is 2. The van der Waals surface area contributed by atoms with E-state index in [1.807, 2.05) is 49.4 Å². The predicted octanol–water partition coefficient (Wildman–Crippen LogP) is 3.32. The van der Waals surface area contributed by atoms with Gasteiger partial charge in [-0.2, -0.15) is 0 Å². The number of aliphatic imine (C=N–C) groups is 1. The van der Waals surface area contributed by atoms with E-state index in [-0.39, 0.29) is 12.5 Å². The molecule has 118 valence electrons. The van der Waals surface area contributed by atoms with Crippen molar-refractivity contribution in [2.24, 2.45) is 4.99 Å². The van der Waals surface area contributed by atoms with E-state index in [1.54, 1.807) is 11.0 Å². The van der Waals surface area contributed by atoms with Gasteiger partial charge >= 0.3 is 0 Å². The van der Waals surface area contributed by atoms with Gasteiger partial charge in [0.1, 0.15) is 11.6 Å². The largest absolute Gasteiger partial charge is 0.484 e. The van der Waals surface area contributed by atoms with Gasteiger partial charge in [0.2, 0.25) is 0 Å². The Kier molecular flexibility index (Phi) is 4.63. The third kappa shape index (κ3) is 3.71. The van der Waals surface area contributed by atoms with Crippen LogP contribution in [0.25, 0.3) is 0 Å². The number of carbonyl (C=O) groups excluding carboxylic acids is 1. The quantitative estimate of drug-likeness (QED) is 0.864. The molecule has 0 N–H and O–H groups in total. The lowest BCUT2D eigenvalue weighted by molar-refractivity contribution is -0.129. The molecule has 0 aromatic heterocycles. The molecule has 0 radical (unpaired) electrons. The Morgan fingerprint density at radius 3 is 2.78 bits per heavy atom. The number of carbonyl (C=O) groups is 1. The lowest BCUT2D eigenvalue weighted by atomic mass is 10.2. The van der Waals surface area contributed by atoms with E-state index in [1.165, 1.54) is 0 Å². The first-order valence-corrected chi connectivity index (χ1v) is 7.81. The number of hydrogen-bond donors (Lipinski definition) is 0. The summed E-state index contributed by atoms with van der Waals surface area (Å²) in [5, 5.41) is 0.625. The van der Waals surface area contributed by atoms with Crippen LogP contribution in [0.4, 0.5) is 0 Å². The van der Waals surface area contributed by atoms with Crippen LogP contribution >= 0.6 is 11.6 Å². The first kappa shape index (κ1) is 15.6. The highest BCUT2D eigenvalue weighted by atomic mass is 35.5. The molecule has 1 heterocycles. The Morgan fingerprint density at radius 1 is 1.26 bits per heavy atom. The molecule has 0 saturated heterocycles. The highest BCUT2D eigenvalue weighted by molar-refractivity contribution is 6.31. The molecule has 2 aromatic rings. The van der Waals surface area contributed by atoms with Crippen LogP contribution in [0.3, 0.4) is 0 Å². The zero-order valence-electron chi connectivity index (χ0n) is 12.8. The number of hydrogen-bond acceptors (Lipinski definition) is 3. The van der Waals surface area contributed by atoms with Crippen molar-refractivity contribution >= 4 is 23.3 Å². The maximum absolute atomic E-state index is 12.4. The molecule has 0 atom stereocenters. The standard InChI is InChI=1S/C18H17ClN2O2/c1-13-5-7-16(8-6-13)23-12-17(22)21-10-9-20-18(21)14-3-2-4-15(19)11-14/h2-8,11H,9-10,12H2,1H3. The summed E-state index contributed by atoms with van der Waals surface area (Å²) in [7, 11) is 0. The number of benzene rings is 2. The average Bonchev–Trinajstić information content (AvgIpc) is 3.04. The van der Waals surface area contributed by atoms with Crippen molar-refractivity contribution in [1.29, 1.82) is 0 Å². The Bertz CT molecular complexity index is 741. The van der Waals surface area contributed by atoms with Gasteiger partial charge in [0.05, 0.1) is 6.54 Å². The van der Waals surface area contributed by atoms with Crippen molar-refractivity contribution in [3.63, 3.8) is 0 Å². The maximum Gasteiger partial charge on any atom is 0.266 e. The smallest absolute Gasteiger partial charge is 0.266 e. The number of aryl methyl sites for hydroxylation is 1. The minimum absolute atomic E-state index is 0.0113. The van der Waals surface area contributed by atoms with Crippen LogP contribution < -0.4 is 4.74 Å². The zero-order chi connectivity index (χ0) is 16.2. The molecule has 0 spiro atoms. The second kappa shape index (κ2) is 6.84. The van der Waals surface area contributed by atoms with Gasteiger partial charge in [0, 0.05) is 17.1 Å². The van der Waals surface area contributed by atoms with Crippen LogP contribution in [-0.4, -0.2) is 36.3 Å². The number of rotatable bonds is 4. The molecule has 23 heavy (non-hydrogen) atoms. The maximum atomic E-state index is 12.4. The molecular weight excluding hydrogens is 312 g/mol. The molecule has 0 unspecified atom stereocenters. The molecule has 0 aliphatic carbocycles. The van der Waals surface area contributed by atoms with E-state index in [9.17, 15) is 4.79 Å². The topological polar surface area (TPSA) is 41.9 Å². The molecule has 1 aliphatic rings. The summed E-state index contributed by atoms with van der Waals surface area (Å²) in [5.74, 6) is 1.23. The van der Waals surface area contributed by atoms with E-state index >= 15 is 0 Å². The van der Waals surface area contributed by atoms with Crippen molar-refractivity contribution in [3.8, 4) is 5.75 Å². The van der Waals surface area contributed by atoms with Crippen LogP contribution in [0.5, 0.6) is 5.75 Å². The monoisotopic (exact) mass is 328 g/mol. The summed E-state index contributed by atoms with van der Waals surface area (Å²) in [4.78, 5) is 18.5. The number of amidine groups is 1. The van der Waals surface area contributed by atoms with Crippen molar-refractivity contribution in [2.45, 2.75) is 6.92 Å².